The van der Waals surface area contributed by atoms with E-state index in [-0.39, 0.29) is 0 Å². The normalized spacial score (nSPS) is 14.4. The third-order valence-corrected chi connectivity index (χ3v) is 3.93. The number of hydrogen-bond acceptors (Lipinski definition) is 2. The molecule has 0 aliphatic heterocycles. The Balaban J connectivity index is 1.92. The van der Waals surface area contributed by atoms with Crippen molar-refractivity contribution in [2.75, 3.05) is 0 Å². The predicted molar refractivity (Wildman–Crippen MR) is 80.2 cm³/mol. The molecule has 0 bridgehead atoms. The molecule has 2 atom stereocenters. The van der Waals surface area contributed by atoms with Crippen LogP contribution in [0.1, 0.15) is 36.6 Å². The second kappa shape index (κ2) is 6.17. The molecule has 0 aliphatic carbocycles. The van der Waals surface area contributed by atoms with Crippen LogP contribution in [0.15, 0.2) is 41.1 Å². The summed E-state index contributed by atoms with van der Waals surface area (Å²) in [5, 5.41) is 8.04. The molecule has 96 valence electrons. The average Bonchev–Trinajstić information content (AvgIpc) is 2.81. The zero-order valence-electron chi connectivity index (χ0n) is 11.3. The molecule has 18 heavy (non-hydrogen) atoms. The topological polar surface area (TPSA) is 12.0 Å². The van der Waals surface area contributed by atoms with Crippen molar-refractivity contribution in [1.82, 2.24) is 5.32 Å². The van der Waals surface area contributed by atoms with Crippen molar-refractivity contribution >= 4 is 11.3 Å². The number of thiophene rings is 1. The fourth-order valence-electron chi connectivity index (χ4n) is 2.28. The highest BCUT2D eigenvalue weighted by Gasteiger charge is 2.10. The molecule has 1 nitrogen and oxygen atoms in total. The van der Waals surface area contributed by atoms with Crippen molar-refractivity contribution in [3.05, 3.63) is 57.8 Å². The molecule has 0 radical (unpaired) electrons. The van der Waals surface area contributed by atoms with Crippen LogP contribution in [-0.2, 0) is 6.42 Å². The monoisotopic (exact) mass is 259 g/mol. The van der Waals surface area contributed by atoms with Gasteiger partial charge in [-0.1, -0.05) is 29.8 Å². The lowest BCUT2D eigenvalue weighted by atomic mass is 10.0. The van der Waals surface area contributed by atoms with Gasteiger partial charge in [-0.3, -0.25) is 0 Å². The summed E-state index contributed by atoms with van der Waals surface area (Å²) < 4.78 is 0. The maximum Gasteiger partial charge on any atom is 0.0294 e. The lowest BCUT2D eigenvalue weighted by molar-refractivity contribution is 0.477. The van der Waals surface area contributed by atoms with E-state index < -0.39 is 0 Å². The standard InChI is InChI=1S/C16H21NS/c1-12-5-4-6-16(9-12)14(3)17-13(2)10-15-7-8-18-11-15/h4-9,11,13-14,17H,10H2,1-3H3. The first-order valence-electron chi connectivity index (χ1n) is 6.49. The molecule has 1 aromatic carbocycles. The second-order valence-electron chi connectivity index (χ2n) is 5.04. The minimum atomic E-state index is 0.401. The van der Waals surface area contributed by atoms with Crippen LogP contribution in [0.3, 0.4) is 0 Å². The summed E-state index contributed by atoms with van der Waals surface area (Å²) in [4.78, 5) is 0. The molecule has 2 unspecified atom stereocenters. The van der Waals surface area contributed by atoms with Crippen LogP contribution < -0.4 is 5.32 Å². The third-order valence-electron chi connectivity index (χ3n) is 3.20. The Morgan fingerprint density at radius 2 is 2.06 bits per heavy atom. The van der Waals surface area contributed by atoms with E-state index in [1.54, 1.807) is 11.3 Å². The Kier molecular flexibility index (Phi) is 4.56. The highest BCUT2D eigenvalue weighted by molar-refractivity contribution is 7.07. The van der Waals surface area contributed by atoms with Gasteiger partial charge in [0.1, 0.15) is 0 Å². The number of nitrogens with one attached hydrogen (secondary N) is 1. The third kappa shape index (κ3) is 3.69. The fraction of sp³-hybridized carbons (Fsp3) is 0.375. The van der Waals surface area contributed by atoms with Gasteiger partial charge in [0.15, 0.2) is 0 Å². The zero-order chi connectivity index (χ0) is 13.0. The van der Waals surface area contributed by atoms with Crippen molar-refractivity contribution in [1.29, 1.82) is 0 Å². The summed E-state index contributed by atoms with van der Waals surface area (Å²) in [6.07, 6.45) is 1.10. The first-order valence-corrected chi connectivity index (χ1v) is 7.43. The molecule has 1 heterocycles. The van der Waals surface area contributed by atoms with E-state index in [0.717, 1.165) is 6.42 Å². The maximum absolute atomic E-state index is 3.67. The highest BCUT2D eigenvalue weighted by Crippen LogP contribution is 2.16. The average molecular weight is 259 g/mol. The molecule has 0 saturated heterocycles. The van der Waals surface area contributed by atoms with Crippen molar-refractivity contribution in [3.8, 4) is 0 Å². The fourth-order valence-corrected chi connectivity index (χ4v) is 2.97. The first kappa shape index (κ1) is 13.3. The summed E-state index contributed by atoms with van der Waals surface area (Å²) in [5.74, 6) is 0. The van der Waals surface area contributed by atoms with Gasteiger partial charge in [-0.25, -0.2) is 0 Å². The Hall–Kier alpha value is -1.12. The van der Waals surface area contributed by atoms with Gasteiger partial charge >= 0.3 is 0 Å². The van der Waals surface area contributed by atoms with E-state index in [0.29, 0.717) is 12.1 Å². The summed E-state index contributed by atoms with van der Waals surface area (Å²) in [6, 6.07) is 11.8. The molecule has 0 spiro atoms. The van der Waals surface area contributed by atoms with Crippen LogP contribution in [0, 0.1) is 6.92 Å². The van der Waals surface area contributed by atoms with E-state index >= 15 is 0 Å². The SMILES string of the molecule is Cc1cccc(C(C)NC(C)Cc2ccsc2)c1. The van der Waals surface area contributed by atoms with Crippen LogP contribution in [0.5, 0.6) is 0 Å². The summed E-state index contributed by atoms with van der Waals surface area (Å²) in [5.41, 5.74) is 4.12. The molecule has 2 rings (SSSR count). The Bertz CT molecular complexity index is 476. The van der Waals surface area contributed by atoms with E-state index in [4.69, 9.17) is 0 Å². The van der Waals surface area contributed by atoms with Crippen molar-refractivity contribution in [3.63, 3.8) is 0 Å². The van der Waals surface area contributed by atoms with Crippen LogP contribution in [0.4, 0.5) is 0 Å². The van der Waals surface area contributed by atoms with Gasteiger partial charge in [0, 0.05) is 12.1 Å². The molecule has 1 aromatic heterocycles. The maximum atomic E-state index is 3.67. The van der Waals surface area contributed by atoms with Crippen molar-refractivity contribution < 1.29 is 0 Å². The van der Waals surface area contributed by atoms with Gasteiger partial charge < -0.3 is 5.32 Å². The summed E-state index contributed by atoms with van der Waals surface area (Å²) >= 11 is 1.77. The first-order chi connectivity index (χ1) is 8.65. The van der Waals surface area contributed by atoms with Crippen LogP contribution >= 0.6 is 11.3 Å². The van der Waals surface area contributed by atoms with Crippen molar-refractivity contribution in [2.24, 2.45) is 0 Å². The Morgan fingerprint density at radius 1 is 1.22 bits per heavy atom. The molecule has 1 N–H and O–H groups in total. The minimum absolute atomic E-state index is 0.401. The molecule has 2 heteroatoms. The van der Waals surface area contributed by atoms with E-state index in [1.807, 2.05) is 0 Å². The molecule has 0 saturated carbocycles. The Labute approximate surface area is 114 Å². The summed E-state index contributed by atoms with van der Waals surface area (Å²) in [6.45, 7) is 6.63. The van der Waals surface area contributed by atoms with Gasteiger partial charge in [-0.15, -0.1) is 0 Å². The molecular weight excluding hydrogens is 238 g/mol. The number of benzene rings is 1. The van der Waals surface area contributed by atoms with Crippen LogP contribution in [-0.4, -0.2) is 6.04 Å². The van der Waals surface area contributed by atoms with Gasteiger partial charge in [-0.2, -0.15) is 11.3 Å². The van der Waals surface area contributed by atoms with Gasteiger partial charge in [0.25, 0.3) is 0 Å². The van der Waals surface area contributed by atoms with E-state index in [1.165, 1.54) is 16.7 Å². The lowest BCUT2D eigenvalue weighted by Crippen LogP contribution is -2.30. The summed E-state index contributed by atoms with van der Waals surface area (Å²) in [7, 11) is 0. The Morgan fingerprint density at radius 3 is 2.72 bits per heavy atom. The number of rotatable bonds is 5. The van der Waals surface area contributed by atoms with E-state index in [2.05, 4.69) is 67.2 Å². The molecule has 0 aliphatic rings. The molecule has 2 aromatic rings. The largest absolute Gasteiger partial charge is 0.307 e. The highest BCUT2D eigenvalue weighted by atomic mass is 32.1. The molecule has 0 amide bonds. The quantitative estimate of drug-likeness (QED) is 0.842. The second-order valence-corrected chi connectivity index (χ2v) is 5.82. The lowest BCUT2D eigenvalue weighted by Gasteiger charge is -2.20. The molecule has 0 fully saturated rings. The number of hydrogen-bond donors (Lipinski definition) is 1. The predicted octanol–water partition coefficient (Wildman–Crippen LogP) is 4.34. The zero-order valence-corrected chi connectivity index (χ0v) is 12.1. The number of aryl methyl sites for hydroxylation is 1. The minimum Gasteiger partial charge on any atom is -0.307 e. The van der Waals surface area contributed by atoms with Crippen molar-refractivity contribution in [2.45, 2.75) is 39.3 Å². The van der Waals surface area contributed by atoms with E-state index in [9.17, 15) is 0 Å². The van der Waals surface area contributed by atoms with Crippen LogP contribution in [0.25, 0.3) is 0 Å². The van der Waals surface area contributed by atoms with Crippen LogP contribution in [0.2, 0.25) is 0 Å². The van der Waals surface area contributed by atoms with Gasteiger partial charge in [0.05, 0.1) is 0 Å². The smallest absolute Gasteiger partial charge is 0.0294 e. The molecular formula is C16H21NS. The van der Waals surface area contributed by atoms with Gasteiger partial charge in [0.2, 0.25) is 0 Å². The van der Waals surface area contributed by atoms with Gasteiger partial charge in [-0.05, 0) is 55.1 Å².